The zero-order valence-corrected chi connectivity index (χ0v) is 23.5. The first-order valence-corrected chi connectivity index (χ1v) is 15.0. The minimum Gasteiger partial charge on any atom is -0.492 e. The van der Waals surface area contributed by atoms with Crippen molar-refractivity contribution in [2.45, 2.75) is 43.2 Å². The molecule has 0 fully saturated rings. The molecule has 0 aliphatic rings. The second-order valence-electron chi connectivity index (χ2n) is 7.93. The third-order valence-corrected chi connectivity index (χ3v) is 10.5. The van der Waals surface area contributed by atoms with Gasteiger partial charge >= 0.3 is 5.97 Å². The molecule has 0 N–H and O–H groups in total. The second kappa shape index (κ2) is 12.5. The fraction of sp³-hybridized carbons (Fsp3) is 0.400. The van der Waals surface area contributed by atoms with E-state index in [-0.39, 0.29) is 24.9 Å². The Kier molecular flexibility index (Phi) is 9.89. The number of hydrogen-bond donors (Lipinski definition) is 0. The van der Waals surface area contributed by atoms with Gasteiger partial charge in [0, 0.05) is 27.7 Å². The number of rotatable bonds is 12. The van der Waals surface area contributed by atoms with Crippen LogP contribution in [0.1, 0.15) is 31.4 Å². The van der Waals surface area contributed by atoms with Crippen molar-refractivity contribution in [1.29, 1.82) is 0 Å². The van der Waals surface area contributed by atoms with E-state index in [2.05, 4.69) is 0 Å². The highest BCUT2D eigenvalue weighted by atomic mass is 35.5. The van der Waals surface area contributed by atoms with Gasteiger partial charge in [0.15, 0.2) is 0 Å². The standard InChI is InChI=1S/C25H30ClNO5S3/c1-5-11-27(35(29,30)25-18(4)21-15-19(26)7-9-23(21)34-25)12-13-32-20-8-10-22(17(3)14-20)33-16-24(28)31-6-2/h7-10,14-15H,5-6,11-13,16H2,1-4H3. The number of carbonyl (C=O) groups excluding carboxylic acids is 1. The predicted octanol–water partition coefficient (Wildman–Crippen LogP) is 6.31. The van der Waals surface area contributed by atoms with Crippen LogP contribution in [0.3, 0.4) is 0 Å². The van der Waals surface area contributed by atoms with Crippen LogP contribution < -0.4 is 4.74 Å². The summed E-state index contributed by atoms with van der Waals surface area (Å²) in [5, 5.41) is 1.45. The van der Waals surface area contributed by atoms with Crippen molar-refractivity contribution < 1.29 is 22.7 Å². The maximum atomic E-state index is 13.5. The average Bonchev–Trinajstić information content (AvgIpc) is 3.14. The number of esters is 1. The SMILES string of the molecule is CCCN(CCOc1ccc(SCC(=O)OCC)c(C)c1)S(=O)(=O)c1sc2ccc(Cl)cc2c1C. The summed E-state index contributed by atoms with van der Waals surface area (Å²) in [6.07, 6.45) is 0.695. The molecule has 0 aliphatic heterocycles. The van der Waals surface area contributed by atoms with E-state index in [1.54, 1.807) is 13.0 Å². The summed E-state index contributed by atoms with van der Waals surface area (Å²) in [6.45, 7) is 8.75. The number of carbonyl (C=O) groups is 1. The van der Waals surface area contributed by atoms with Crippen LogP contribution in [-0.4, -0.2) is 50.7 Å². The van der Waals surface area contributed by atoms with Gasteiger partial charge in [0.05, 0.1) is 12.4 Å². The number of hydrogen-bond acceptors (Lipinski definition) is 7. The van der Waals surface area contributed by atoms with Crippen molar-refractivity contribution in [2.24, 2.45) is 0 Å². The van der Waals surface area contributed by atoms with Crippen molar-refractivity contribution in [1.82, 2.24) is 4.31 Å². The van der Waals surface area contributed by atoms with Gasteiger partial charge in [-0.25, -0.2) is 8.42 Å². The Bertz CT molecular complexity index is 1290. The summed E-state index contributed by atoms with van der Waals surface area (Å²) in [5.41, 5.74) is 1.70. The van der Waals surface area contributed by atoms with Gasteiger partial charge < -0.3 is 9.47 Å². The zero-order valence-electron chi connectivity index (χ0n) is 20.3. The van der Waals surface area contributed by atoms with Gasteiger partial charge in [-0.15, -0.1) is 23.1 Å². The molecule has 0 spiro atoms. The van der Waals surface area contributed by atoms with E-state index in [0.717, 1.165) is 26.1 Å². The number of aryl methyl sites for hydroxylation is 2. The van der Waals surface area contributed by atoms with Crippen LogP contribution in [0.2, 0.25) is 5.02 Å². The molecule has 3 aromatic rings. The first kappa shape index (κ1) is 27.8. The number of fused-ring (bicyclic) bond motifs is 1. The van der Waals surface area contributed by atoms with Gasteiger partial charge in [0.2, 0.25) is 0 Å². The fourth-order valence-electron chi connectivity index (χ4n) is 3.61. The maximum Gasteiger partial charge on any atom is 0.316 e. The molecule has 35 heavy (non-hydrogen) atoms. The van der Waals surface area contributed by atoms with Crippen LogP contribution in [0.25, 0.3) is 10.1 Å². The molecule has 0 aliphatic carbocycles. The quantitative estimate of drug-likeness (QED) is 0.193. The van der Waals surface area contributed by atoms with E-state index in [1.165, 1.54) is 27.4 Å². The molecule has 1 aromatic heterocycles. The molecule has 0 unspecified atom stereocenters. The second-order valence-corrected chi connectivity index (χ2v) is 12.6. The Hall–Kier alpha value is -1.78. The number of nitrogens with zero attached hydrogens (tertiary/aromatic N) is 1. The molecule has 0 amide bonds. The van der Waals surface area contributed by atoms with E-state index in [0.29, 0.717) is 34.6 Å². The van der Waals surface area contributed by atoms with Gasteiger partial charge in [0.25, 0.3) is 10.0 Å². The number of halogens is 1. The molecular weight excluding hydrogens is 526 g/mol. The molecule has 3 rings (SSSR count). The summed E-state index contributed by atoms with van der Waals surface area (Å²) >= 11 is 8.82. The first-order chi connectivity index (χ1) is 16.7. The normalized spacial score (nSPS) is 11.8. The van der Waals surface area contributed by atoms with Gasteiger partial charge in [-0.1, -0.05) is 18.5 Å². The van der Waals surface area contributed by atoms with E-state index in [1.807, 2.05) is 51.1 Å². The van der Waals surface area contributed by atoms with Crippen LogP contribution in [0.4, 0.5) is 0 Å². The largest absolute Gasteiger partial charge is 0.492 e. The number of sulfonamides is 1. The fourth-order valence-corrected chi connectivity index (χ4v) is 7.99. The highest BCUT2D eigenvalue weighted by molar-refractivity contribution is 8.00. The maximum absolute atomic E-state index is 13.5. The molecule has 10 heteroatoms. The van der Waals surface area contributed by atoms with Crippen molar-refractivity contribution in [3.8, 4) is 5.75 Å². The summed E-state index contributed by atoms with van der Waals surface area (Å²) < 4.78 is 40.6. The molecule has 0 saturated carbocycles. The molecule has 0 atom stereocenters. The van der Waals surface area contributed by atoms with Crippen LogP contribution in [0.5, 0.6) is 5.75 Å². The summed E-state index contributed by atoms with van der Waals surface area (Å²) in [7, 11) is -3.68. The summed E-state index contributed by atoms with van der Waals surface area (Å²) in [4.78, 5) is 12.6. The average molecular weight is 556 g/mol. The molecule has 0 saturated heterocycles. The molecule has 2 aromatic carbocycles. The van der Waals surface area contributed by atoms with Gasteiger partial charge in [0.1, 0.15) is 16.6 Å². The number of benzene rings is 2. The van der Waals surface area contributed by atoms with Crippen molar-refractivity contribution >= 4 is 60.8 Å². The lowest BCUT2D eigenvalue weighted by atomic mass is 10.2. The van der Waals surface area contributed by atoms with Crippen LogP contribution in [0, 0.1) is 13.8 Å². The highest BCUT2D eigenvalue weighted by Crippen LogP contribution is 2.37. The lowest BCUT2D eigenvalue weighted by molar-refractivity contribution is -0.139. The van der Waals surface area contributed by atoms with Crippen molar-refractivity contribution in [3.63, 3.8) is 0 Å². The Labute approximate surface area is 220 Å². The monoisotopic (exact) mass is 555 g/mol. The summed E-state index contributed by atoms with van der Waals surface area (Å²) in [6, 6.07) is 11.1. The van der Waals surface area contributed by atoms with E-state index in [9.17, 15) is 13.2 Å². The molecule has 0 radical (unpaired) electrons. The van der Waals surface area contributed by atoms with Gasteiger partial charge in [-0.05, 0) is 80.1 Å². The summed E-state index contributed by atoms with van der Waals surface area (Å²) in [5.74, 6) is 0.665. The number of thiophene rings is 1. The van der Waals surface area contributed by atoms with Crippen LogP contribution >= 0.6 is 34.7 Å². The molecule has 190 valence electrons. The third kappa shape index (κ3) is 6.92. The first-order valence-electron chi connectivity index (χ1n) is 11.4. The highest BCUT2D eigenvalue weighted by Gasteiger charge is 2.28. The minimum atomic E-state index is -3.68. The smallest absolute Gasteiger partial charge is 0.316 e. The zero-order chi connectivity index (χ0) is 25.6. The number of thioether (sulfide) groups is 1. The van der Waals surface area contributed by atoms with Crippen molar-refractivity contribution in [3.05, 3.63) is 52.5 Å². The third-order valence-electron chi connectivity index (χ3n) is 5.31. The molecular formula is C25H30ClNO5S3. The van der Waals surface area contributed by atoms with E-state index in [4.69, 9.17) is 21.1 Å². The molecule has 6 nitrogen and oxygen atoms in total. The Morgan fingerprint density at radius 3 is 2.57 bits per heavy atom. The minimum absolute atomic E-state index is 0.226. The predicted molar refractivity (Wildman–Crippen MR) is 145 cm³/mol. The Morgan fingerprint density at radius 2 is 1.89 bits per heavy atom. The van der Waals surface area contributed by atoms with E-state index < -0.39 is 10.0 Å². The van der Waals surface area contributed by atoms with Gasteiger partial charge in [-0.3, -0.25) is 4.79 Å². The van der Waals surface area contributed by atoms with E-state index >= 15 is 0 Å². The Balaban J connectivity index is 1.68. The molecule has 1 heterocycles. The van der Waals surface area contributed by atoms with Crippen molar-refractivity contribution in [2.75, 3.05) is 32.1 Å². The lowest BCUT2D eigenvalue weighted by Gasteiger charge is -2.21. The van der Waals surface area contributed by atoms with Crippen LogP contribution in [0.15, 0.2) is 45.5 Å². The van der Waals surface area contributed by atoms with Crippen LogP contribution in [-0.2, 0) is 19.6 Å². The molecule has 0 bridgehead atoms. The lowest BCUT2D eigenvalue weighted by Crippen LogP contribution is -2.35. The number of ether oxygens (including phenoxy) is 2. The Morgan fingerprint density at radius 1 is 1.11 bits per heavy atom. The topological polar surface area (TPSA) is 72.9 Å². The van der Waals surface area contributed by atoms with Gasteiger partial charge in [-0.2, -0.15) is 4.31 Å².